The van der Waals surface area contributed by atoms with Crippen molar-refractivity contribution in [3.63, 3.8) is 0 Å². The summed E-state index contributed by atoms with van der Waals surface area (Å²) in [6.45, 7) is 0. The molecule has 28 heavy (non-hydrogen) atoms. The fourth-order valence-electron chi connectivity index (χ4n) is 5.55. The summed E-state index contributed by atoms with van der Waals surface area (Å²) in [5, 5.41) is 0. The molecule has 1 heterocycles. The van der Waals surface area contributed by atoms with Crippen LogP contribution in [-0.2, 0) is 9.59 Å². The normalized spacial score (nSPS) is 26.8. The van der Waals surface area contributed by atoms with Crippen molar-refractivity contribution in [2.24, 2.45) is 11.8 Å². The van der Waals surface area contributed by atoms with Crippen LogP contribution < -0.4 is 4.90 Å². The molecule has 0 unspecified atom stereocenters. The Kier molecular flexibility index (Phi) is 3.39. The molecule has 0 saturated carbocycles. The van der Waals surface area contributed by atoms with Crippen LogP contribution in [0.2, 0.25) is 0 Å². The highest BCUT2D eigenvalue weighted by Crippen LogP contribution is 2.61. The van der Waals surface area contributed by atoms with Crippen molar-refractivity contribution in [2.75, 3.05) is 4.90 Å². The first-order valence-corrected chi connectivity index (χ1v) is 10.6. The summed E-state index contributed by atoms with van der Waals surface area (Å²) in [4.78, 5) is 28.6. The quantitative estimate of drug-likeness (QED) is 0.377. The summed E-state index contributed by atoms with van der Waals surface area (Å²) in [5.41, 5.74) is 5.51. The molecule has 1 aliphatic heterocycles. The number of amides is 2. The summed E-state index contributed by atoms with van der Waals surface area (Å²) >= 11 is 2.22. The van der Waals surface area contributed by atoms with Crippen molar-refractivity contribution < 1.29 is 9.59 Å². The fourth-order valence-corrected chi connectivity index (χ4v) is 6.07. The lowest BCUT2D eigenvalue weighted by atomic mass is 9.55. The van der Waals surface area contributed by atoms with Gasteiger partial charge in [-0.2, -0.15) is 0 Å². The second-order valence-corrected chi connectivity index (χ2v) is 9.00. The van der Waals surface area contributed by atoms with Crippen LogP contribution in [0, 0.1) is 15.4 Å². The molecule has 7 rings (SSSR count). The Labute approximate surface area is 176 Å². The van der Waals surface area contributed by atoms with Crippen molar-refractivity contribution >= 4 is 40.1 Å². The molecule has 0 N–H and O–H groups in total. The molecule has 3 aliphatic carbocycles. The molecule has 136 valence electrons. The largest absolute Gasteiger partial charge is 0.274 e. The van der Waals surface area contributed by atoms with Crippen LogP contribution in [0.4, 0.5) is 5.69 Å². The van der Waals surface area contributed by atoms with Gasteiger partial charge in [-0.1, -0.05) is 54.6 Å². The number of imide groups is 1. The SMILES string of the molecule is O=C1[C@H]2C3c4ccccc4C(c4ccccc43)[C@@H]2C(=O)N1c1cccc(I)c1. The van der Waals surface area contributed by atoms with E-state index in [1.54, 1.807) is 0 Å². The predicted octanol–water partition coefficient (Wildman–Crippen LogP) is 4.69. The van der Waals surface area contributed by atoms with Gasteiger partial charge in [0, 0.05) is 15.4 Å². The number of nitrogens with zero attached hydrogens (tertiary/aromatic N) is 1. The summed E-state index contributed by atoms with van der Waals surface area (Å²) in [7, 11) is 0. The van der Waals surface area contributed by atoms with Gasteiger partial charge in [0.05, 0.1) is 17.5 Å². The van der Waals surface area contributed by atoms with Gasteiger partial charge in [-0.3, -0.25) is 9.59 Å². The van der Waals surface area contributed by atoms with E-state index < -0.39 is 0 Å². The zero-order chi connectivity index (χ0) is 19.0. The number of carbonyl (C=O) groups is 2. The Balaban J connectivity index is 1.58. The van der Waals surface area contributed by atoms with Crippen LogP contribution in [0.25, 0.3) is 0 Å². The molecular formula is C24H16INO2. The van der Waals surface area contributed by atoms with Crippen molar-refractivity contribution in [2.45, 2.75) is 11.8 Å². The van der Waals surface area contributed by atoms with E-state index in [0.29, 0.717) is 5.69 Å². The number of halogens is 1. The van der Waals surface area contributed by atoms with Crippen LogP contribution in [-0.4, -0.2) is 11.8 Å². The average Bonchev–Trinajstić information content (AvgIpc) is 2.99. The summed E-state index contributed by atoms with van der Waals surface area (Å²) < 4.78 is 1.01. The van der Waals surface area contributed by atoms with Crippen molar-refractivity contribution in [1.82, 2.24) is 0 Å². The maximum absolute atomic E-state index is 13.6. The van der Waals surface area contributed by atoms with Gasteiger partial charge in [0.1, 0.15) is 0 Å². The summed E-state index contributed by atoms with van der Waals surface area (Å²) in [5.74, 6) is -0.856. The fraction of sp³-hybridized carbons (Fsp3) is 0.167. The second-order valence-electron chi connectivity index (χ2n) is 7.76. The van der Waals surface area contributed by atoms with Gasteiger partial charge in [-0.15, -0.1) is 0 Å². The van der Waals surface area contributed by atoms with Gasteiger partial charge >= 0.3 is 0 Å². The van der Waals surface area contributed by atoms with Crippen LogP contribution >= 0.6 is 22.6 Å². The molecule has 4 heteroatoms. The lowest BCUT2D eigenvalue weighted by Crippen LogP contribution is -2.41. The van der Waals surface area contributed by atoms with Gasteiger partial charge < -0.3 is 0 Å². The highest BCUT2D eigenvalue weighted by molar-refractivity contribution is 14.1. The van der Waals surface area contributed by atoms with Gasteiger partial charge in [0.2, 0.25) is 11.8 Å². The molecule has 0 aromatic heterocycles. The average molecular weight is 477 g/mol. The molecule has 2 amide bonds. The molecule has 1 saturated heterocycles. The number of hydrogen-bond donors (Lipinski definition) is 0. The van der Waals surface area contributed by atoms with Crippen LogP contribution in [0.5, 0.6) is 0 Å². The van der Waals surface area contributed by atoms with E-state index in [1.807, 2.05) is 48.5 Å². The molecule has 0 spiro atoms. The lowest BCUT2D eigenvalue weighted by molar-refractivity contribution is -0.122. The van der Waals surface area contributed by atoms with Gasteiger partial charge in [0.15, 0.2) is 0 Å². The Bertz CT molecular complexity index is 1060. The van der Waals surface area contributed by atoms with Crippen molar-refractivity contribution in [3.05, 3.63) is 98.6 Å². The van der Waals surface area contributed by atoms with Gasteiger partial charge in [-0.05, 0) is 63.0 Å². The van der Waals surface area contributed by atoms with Crippen LogP contribution in [0.3, 0.4) is 0 Å². The first-order chi connectivity index (χ1) is 13.7. The third kappa shape index (κ3) is 1.99. The Hall–Kier alpha value is -2.47. The maximum atomic E-state index is 13.6. The van der Waals surface area contributed by atoms with E-state index in [0.717, 1.165) is 3.57 Å². The third-order valence-electron chi connectivity index (χ3n) is 6.51. The predicted molar refractivity (Wildman–Crippen MR) is 115 cm³/mol. The van der Waals surface area contributed by atoms with E-state index in [9.17, 15) is 9.59 Å². The molecule has 3 nitrogen and oxygen atoms in total. The number of rotatable bonds is 1. The smallest absolute Gasteiger partial charge is 0.238 e. The first-order valence-electron chi connectivity index (χ1n) is 9.48. The minimum Gasteiger partial charge on any atom is -0.274 e. The van der Waals surface area contributed by atoms with E-state index in [2.05, 4.69) is 46.9 Å². The molecule has 2 bridgehead atoms. The molecule has 3 aromatic carbocycles. The van der Waals surface area contributed by atoms with E-state index in [-0.39, 0.29) is 35.5 Å². The summed E-state index contributed by atoms with van der Waals surface area (Å²) in [6.07, 6.45) is 0. The highest BCUT2D eigenvalue weighted by atomic mass is 127. The summed E-state index contributed by atoms with van der Waals surface area (Å²) in [6, 6.07) is 24.3. The molecule has 1 fully saturated rings. The second kappa shape index (κ2) is 5.77. The minimum atomic E-state index is -0.319. The van der Waals surface area contributed by atoms with Gasteiger partial charge in [0.25, 0.3) is 0 Å². The first kappa shape index (κ1) is 16.5. The third-order valence-corrected chi connectivity index (χ3v) is 7.19. The maximum Gasteiger partial charge on any atom is 0.238 e. The van der Waals surface area contributed by atoms with Crippen molar-refractivity contribution in [1.29, 1.82) is 0 Å². The monoisotopic (exact) mass is 477 g/mol. The Morgan fingerprint density at radius 3 is 1.54 bits per heavy atom. The molecule has 3 aromatic rings. The van der Waals surface area contributed by atoms with Crippen LogP contribution in [0.15, 0.2) is 72.8 Å². The topological polar surface area (TPSA) is 37.4 Å². The van der Waals surface area contributed by atoms with E-state index in [4.69, 9.17) is 0 Å². The minimum absolute atomic E-state index is 0.0494. The van der Waals surface area contributed by atoms with Gasteiger partial charge in [-0.25, -0.2) is 4.90 Å². The Morgan fingerprint density at radius 1 is 0.643 bits per heavy atom. The molecule has 2 atom stereocenters. The molecule has 4 aliphatic rings. The number of carbonyl (C=O) groups excluding carboxylic acids is 2. The van der Waals surface area contributed by atoms with E-state index in [1.165, 1.54) is 27.2 Å². The van der Waals surface area contributed by atoms with Crippen molar-refractivity contribution in [3.8, 4) is 0 Å². The number of benzene rings is 3. The van der Waals surface area contributed by atoms with Crippen LogP contribution in [0.1, 0.15) is 34.1 Å². The zero-order valence-corrected chi connectivity index (χ0v) is 17.0. The Morgan fingerprint density at radius 2 is 1.11 bits per heavy atom. The number of hydrogen-bond acceptors (Lipinski definition) is 2. The lowest BCUT2D eigenvalue weighted by Gasteiger charge is -2.45. The molecular weight excluding hydrogens is 461 g/mol. The zero-order valence-electron chi connectivity index (χ0n) is 14.9. The standard InChI is InChI=1S/C24H16INO2/c25-13-6-5-7-14(12-13)26-23(27)21-19-15-8-1-2-9-16(15)20(22(21)24(26)28)18-11-4-3-10-17(18)19/h1-12,19-22H/t19?,20?,21-,22-/m0/s1. The number of anilines is 1. The molecule has 0 radical (unpaired) electrons. The van der Waals surface area contributed by atoms with E-state index >= 15 is 0 Å². The highest BCUT2D eigenvalue weighted by Gasteiger charge is 2.61.